The Kier molecular flexibility index (Phi) is 3.45. The Labute approximate surface area is 174 Å². The molecule has 1 aromatic heterocycles. The molecule has 29 heavy (non-hydrogen) atoms. The van der Waals surface area contributed by atoms with Crippen LogP contribution in [0.25, 0.3) is 31.3 Å². The van der Waals surface area contributed by atoms with Crippen LogP contribution in [0.15, 0.2) is 84.9 Å². The number of para-hydroxylation sites is 1. The summed E-state index contributed by atoms with van der Waals surface area (Å²) in [4.78, 5) is 0. The van der Waals surface area contributed by atoms with Gasteiger partial charge in [0.2, 0.25) is 0 Å². The Morgan fingerprint density at radius 3 is 2.38 bits per heavy atom. The van der Waals surface area contributed by atoms with Gasteiger partial charge in [0.25, 0.3) is 0 Å². The Balaban J connectivity index is 1.58. The van der Waals surface area contributed by atoms with Gasteiger partial charge in [-0.2, -0.15) is 0 Å². The van der Waals surface area contributed by atoms with E-state index < -0.39 is 0 Å². The van der Waals surface area contributed by atoms with E-state index in [2.05, 4.69) is 92.7 Å². The van der Waals surface area contributed by atoms with Crippen LogP contribution in [0.2, 0.25) is 0 Å². The van der Waals surface area contributed by atoms with Crippen LogP contribution in [0.5, 0.6) is 11.5 Å². The summed E-state index contributed by atoms with van der Waals surface area (Å²) in [6.45, 7) is 4.56. The van der Waals surface area contributed by atoms with Crippen molar-refractivity contribution in [1.82, 2.24) is 0 Å². The zero-order valence-corrected chi connectivity index (χ0v) is 17.2. The highest BCUT2D eigenvalue weighted by molar-refractivity contribution is 7.25. The molecule has 0 radical (unpaired) electrons. The normalized spacial score (nSPS) is 14.4. The molecule has 1 nitrogen and oxygen atoms in total. The molecule has 2 heteroatoms. The van der Waals surface area contributed by atoms with Crippen molar-refractivity contribution in [2.75, 3.05) is 0 Å². The minimum absolute atomic E-state index is 0.0796. The highest BCUT2D eigenvalue weighted by Gasteiger charge is 2.34. The second-order valence-corrected chi connectivity index (χ2v) is 9.29. The van der Waals surface area contributed by atoms with Gasteiger partial charge in [-0.15, -0.1) is 11.3 Å². The number of benzene rings is 4. The molecule has 1 aliphatic heterocycles. The number of hydrogen-bond acceptors (Lipinski definition) is 2. The van der Waals surface area contributed by atoms with E-state index in [1.165, 1.54) is 42.4 Å². The number of rotatable bonds is 1. The van der Waals surface area contributed by atoms with Gasteiger partial charge in [-0.1, -0.05) is 74.5 Å². The average Bonchev–Trinajstić information content (AvgIpc) is 3.12. The molecule has 0 saturated carbocycles. The molecule has 5 aromatic rings. The van der Waals surface area contributed by atoms with Crippen LogP contribution >= 0.6 is 11.3 Å². The first-order chi connectivity index (χ1) is 14.1. The van der Waals surface area contributed by atoms with Crippen LogP contribution in [0, 0.1) is 0 Å². The van der Waals surface area contributed by atoms with E-state index in [1.54, 1.807) is 0 Å². The summed E-state index contributed by atoms with van der Waals surface area (Å²) >= 11 is 1.86. The molecule has 6 rings (SSSR count). The van der Waals surface area contributed by atoms with Gasteiger partial charge in [0, 0.05) is 36.7 Å². The summed E-state index contributed by atoms with van der Waals surface area (Å²) in [5.41, 5.74) is 4.87. The van der Waals surface area contributed by atoms with Crippen LogP contribution in [-0.4, -0.2) is 0 Å². The van der Waals surface area contributed by atoms with Crippen molar-refractivity contribution in [3.8, 4) is 22.6 Å². The van der Waals surface area contributed by atoms with E-state index in [0.29, 0.717) is 0 Å². The van der Waals surface area contributed by atoms with Crippen molar-refractivity contribution in [2.45, 2.75) is 19.3 Å². The number of hydrogen-bond donors (Lipinski definition) is 0. The highest BCUT2D eigenvalue weighted by Crippen LogP contribution is 2.49. The largest absolute Gasteiger partial charge is 0.457 e. The second-order valence-electron chi connectivity index (χ2n) is 8.21. The lowest BCUT2D eigenvalue weighted by Gasteiger charge is -2.34. The fraction of sp³-hybridized carbons (Fsp3) is 0.111. The molecular weight excluding hydrogens is 372 g/mol. The number of thiophene rings is 1. The molecule has 0 fully saturated rings. The van der Waals surface area contributed by atoms with Gasteiger partial charge in [-0.25, -0.2) is 0 Å². The lowest BCUT2D eigenvalue weighted by molar-refractivity contribution is 0.418. The summed E-state index contributed by atoms with van der Waals surface area (Å²) in [6, 6.07) is 30.4. The molecular formula is C27H20OS. The molecule has 0 N–H and O–H groups in total. The third-order valence-corrected chi connectivity index (χ3v) is 7.28. The van der Waals surface area contributed by atoms with Crippen LogP contribution in [0.3, 0.4) is 0 Å². The topological polar surface area (TPSA) is 9.23 Å². The minimum atomic E-state index is -0.0796. The standard InChI is InChI=1S/C27H20OS/c1-27(2)20-10-4-5-11-22(20)28-23-16-17(14-15-21(23)27)18-9-7-13-25-26(18)19-8-3-6-12-24(19)29-25/h3-16H,1-2H3. The van der Waals surface area contributed by atoms with Gasteiger partial charge in [0.15, 0.2) is 0 Å². The smallest absolute Gasteiger partial charge is 0.132 e. The van der Waals surface area contributed by atoms with Crippen LogP contribution < -0.4 is 4.74 Å². The molecule has 140 valence electrons. The average molecular weight is 393 g/mol. The van der Waals surface area contributed by atoms with Crippen molar-refractivity contribution in [3.05, 3.63) is 96.1 Å². The van der Waals surface area contributed by atoms with Gasteiger partial charge in [0.05, 0.1) is 0 Å². The zero-order valence-electron chi connectivity index (χ0n) is 16.4. The Morgan fingerprint density at radius 2 is 1.45 bits per heavy atom. The lowest BCUT2D eigenvalue weighted by Crippen LogP contribution is -2.24. The van der Waals surface area contributed by atoms with Crippen molar-refractivity contribution in [1.29, 1.82) is 0 Å². The van der Waals surface area contributed by atoms with Gasteiger partial charge < -0.3 is 4.74 Å². The number of ether oxygens (including phenoxy) is 1. The summed E-state index contributed by atoms with van der Waals surface area (Å²) in [5.74, 6) is 1.92. The highest BCUT2D eigenvalue weighted by atomic mass is 32.1. The maximum atomic E-state index is 6.36. The van der Waals surface area contributed by atoms with Crippen LogP contribution in [0.4, 0.5) is 0 Å². The van der Waals surface area contributed by atoms with E-state index >= 15 is 0 Å². The van der Waals surface area contributed by atoms with Gasteiger partial charge in [-0.3, -0.25) is 0 Å². The third kappa shape index (κ3) is 2.39. The fourth-order valence-electron chi connectivity index (χ4n) is 4.64. The Hall–Kier alpha value is -3.10. The molecule has 0 atom stereocenters. The molecule has 0 unspecified atom stereocenters. The maximum absolute atomic E-state index is 6.36. The van der Waals surface area contributed by atoms with Crippen LogP contribution in [-0.2, 0) is 5.41 Å². The lowest BCUT2D eigenvalue weighted by atomic mass is 9.75. The summed E-state index contributed by atoms with van der Waals surface area (Å²) in [5, 5.41) is 2.66. The predicted molar refractivity (Wildman–Crippen MR) is 123 cm³/mol. The molecule has 0 spiro atoms. The molecule has 1 aliphatic rings. The van der Waals surface area contributed by atoms with Gasteiger partial charge >= 0.3 is 0 Å². The first-order valence-corrected chi connectivity index (χ1v) is 10.8. The van der Waals surface area contributed by atoms with Crippen molar-refractivity contribution in [2.24, 2.45) is 0 Å². The minimum Gasteiger partial charge on any atom is -0.457 e. The summed E-state index contributed by atoms with van der Waals surface area (Å²) < 4.78 is 9.02. The summed E-state index contributed by atoms with van der Waals surface area (Å²) in [7, 11) is 0. The van der Waals surface area contributed by atoms with Gasteiger partial charge in [0.1, 0.15) is 11.5 Å². The van der Waals surface area contributed by atoms with E-state index in [9.17, 15) is 0 Å². The van der Waals surface area contributed by atoms with E-state index in [0.717, 1.165) is 11.5 Å². The van der Waals surface area contributed by atoms with E-state index in [1.807, 2.05) is 17.4 Å². The third-order valence-electron chi connectivity index (χ3n) is 6.15. The molecule has 4 aromatic carbocycles. The first-order valence-electron chi connectivity index (χ1n) is 9.95. The second kappa shape index (κ2) is 5.95. The predicted octanol–water partition coefficient (Wildman–Crippen LogP) is 8.15. The van der Waals surface area contributed by atoms with Crippen molar-refractivity contribution in [3.63, 3.8) is 0 Å². The van der Waals surface area contributed by atoms with Gasteiger partial charge in [-0.05, 0) is 35.4 Å². The van der Waals surface area contributed by atoms with E-state index in [4.69, 9.17) is 4.74 Å². The van der Waals surface area contributed by atoms with Crippen molar-refractivity contribution >= 4 is 31.5 Å². The van der Waals surface area contributed by atoms with Crippen molar-refractivity contribution < 1.29 is 4.74 Å². The van der Waals surface area contributed by atoms with E-state index in [-0.39, 0.29) is 5.41 Å². The molecule has 2 heterocycles. The van der Waals surface area contributed by atoms with Crippen LogP contribution in [0.1, 0.15) is 25.0 Å². The Bertz CT molecular complexity index is 1410. The first kappa shape index (κ1) is 16.8. The molecule has 0 saturated heterocycles. The quantitative estimate of drug-likeness (QED) is 0.280. The number of fused-ring (bicyclic) bond motifs is 5. The molecule has 0 aliphatic carbocycles. The zero-order chi connectivity index (χ0) is 19.6. The SMILES string of the molecule is CC1(C)c2ccccc2Oc2cc(-c3cccc4sc5ccccc5c34)ccc21. The maximum Gasteiger partial charge on any atom is 0.132 e. The fourth-order valence-corrected chi connectivity index (χ4v) is 5.77. The Morgan fingerprint density at radius 1 is 0.690 bits per heavy atom. The monoisotopic (exact) mass is 392 g/mol. The molecule has 0 amide bonds. The summed E-state index contributed by atoms with van der Waals surface area (Å²) in [6.07, 6.45) is 0. The molecule has 0 bridgehead atoms.